The highest BCUT2D eigenvalue weighted by atomic mass is 35.5. The minimum Gasteiger partial charge on any atom is -0.353 e. The predicted octanol–water partition coefficient (Wildman–Crippen LogP) is 5.01. The maximum absolute atomic E-state index is 12.9. The summed E-state index contributed by atoms with van der Waals surface area (Å²) >= 11 is 7.61. The molecule has 0 aliphatic heterocycles. The molecule has 7 nitrogen and oxygen atoms in total. The van der Waals surface area contributed by atoms with Gasteiger partial charge in [0.2, 0.25) is 5.91 Å². The van der Waals surface area contributed by atoms with Gasteiger partial charge in [0.1, 0.15) is 0 Å². The number of nitrogens with zero attached hydrogens (tertiary/aromatic N) is 3. The van der Waals surface area contributed by atoms with Crippen LogP contribution in [0.25, 0.3) is 0 Å². The summed E-state index contributed by atoms with van der Waals surface area (Å²) in [6, 6.07) is 6.98. The third-order valence-electron chi connectivity index (χ3n) is 5.81. The number of halogens is 1. The standard InChI is InChI=1S/C24H34ClN5O2S/c1-4-30-22(20(14-16(2)3)27-23(32)18-12-8-9-13-19(18)25)28-29-24(30)33-15-21(31)26-17-10-6-5-7-11-17/h8-9,12-13,16-17,20H,4-7,10-11,14-15H2,1-3H3,(H,26,31)(H,27,32)/t20-/m1/s1. The Morgan fingerprint density at radius 2 is 1.91 bits per heavy atom. The van der Waals surface area contributed by atoms with E-state index in [0.29, 0.717) is 52.2 Å². The summed E-state index contributed by atoms with van der Waals surface area (Å²) in [4.78, 5) is 25.4. The molecule has 0 unspecified atom stereocenters. The van der Waals surface area contributed by atoms with Crippen LogP contribution in [0, 0.1) is 5.92 Å². The summed E-state index contributed by atoms with van der Waals surface area (Å²) in [5.41, 5.74) is 0.435. The molecule has 0 spiro atoms. The second-order valence-corrected chi connectivity index (χ2v) is 10.3. The van der Waals surface area contributed by atoms with E-state index in [4.69, 9.17) is 11.6 Å². The molecule has 1 aliphatic carbocycles. The average Bonchev–Trinajstić information content (AvgIpc) is 3.21. The van der Waals surface area contributed by atoms with Crippen molar-refractivity contribution in [2.24, 2.45) is 5.92 Å². The van der Waals surface area contributed by atoms with Crippen molar-refractivity contribution in [1.82, 2.24) is 25.4 Å². The van der Waals surface area contributed by atoms with Crippen LogP contribution in [0.2, 0.25) is 5.02 Å². The number of carbonyl (C=O) groups excluding carboxylic acids is 2. The molecule has 9 heteroatoms. The third-order valence-corrected chi connectivity index (χ3v) is 7.10. The van der Waals surface area contributed by atoms with Crippen molar-refractivity contribution in [1.29, 1.82) is 0 Å². The summed E-state index contributed by atoms with van der Waals surface area (Å²) in [7, 11) is 0. The molecule has 33 heavy (non-hydrogen) atoms. The smallest absolute Gasteiger partial charge is 0.253 e. The molecule has 2 amide bonds. The van der Waals surface area contributed by atoms with Gasteiger partial charge in [-0.05, 0) is 44.2 Å². The number of benzene rings is 1. The first-order valence-corrected chi connectivity index (χ1v) is 13.2. The fraction of sp³-hybridized carbons (Fsp3) is 0.583. The molecule has 0 saturated heterocycles. The van der Waals surface area contributed by atoms with Gasteiger partial charge < -0.3 is 15.2 Å². The first-order valence-electron chi connectivity index (χ1n) is 11.8. The van der Waals surface area contributed by atoms with Crippen molar-refractivity contribution in [3.63, 3.8) is 0 Å². The van der Waals surface area contributed by atoms with E-state index >= 15 is 0 Å². The van der Waals surface area contributed by atoms with E-state index in [1.54, 1.807) is 24.3 Å². The average molecular weight is 492 g/mol. The molecule has 1 aliphatic rings. The van der Waals surface area contributed by atoms with Gasteiger partial charge in [0.25, 0.3) is 5.91 Å². The maximum Gasteiger partial charge on any atom is 0.253 e. The normalized spacial score (nSPS) is 15.4. The second kappa shape index (κ2) is 12.4. The van der Waals surface area contributed by atoms with Crippen LogP contribution < -0.4 is 10.6 Å². The predicted molar refractivity (Wildman–Crippen MR) is 133 cm³/mol. The number of thioether (sulfide) groups is 1. The van der Waals surface area contributed by atoms with E-state index in [-0.39, 0.29) is 17.9 Å². The number of carbonyl (C=O) groups is 2. The Hall–Kier alpha value is -2.06. The number of rotatable bonds is 10. The lowest BCUT2D eigenvalue weighted by Crippen LogP contribution is -2.37. The van der Waals surface area contributed by atoms with Crippen LogP contribution in [0.4, 0.5) is 0 Å². The van der Waals surface area contributed by atoms with Gasteiger partial charge >= 0.3 is 0 Å². The van der Waals surface area contributed by atoms with Crippen LogP contribution in [0.1, 0.15) is 81.5 Å². The minimum absolute atomic E-state index is 0.0323. The minimum atomic E-state index is -0.313. The molecular weight excluding hydrogens is 458 g/mol. The molecule has 1 atom stereocenters. The van der Waals surface area contributed by atoms with Gasteiger partial charge in [-0.2, -0.15) is 0 Å². The molecular formula is C24H34ClN5O2S. The number of nitrogens with one attached hydrogen (secondary N) is 2. The highest BCUT2D eigenvalue weighted by Gasteiger charge is 2.25. The van der Waals surface area contributed by atoms with Crippen molar-refractivity contribution in [2.45, 2.75) is 83.1 Å². The molecule has 1 fully saturated rings. The first-order chi connectivity index (χ1) is 15.9. The zero-order valence-corrected chi connectivity index (χ0v) is 21.2. The molecule has 2 aromatic rings. The monoisotopic (exact) mass is 491 g/mol. The molecule has 0 radical (unpaired) electrons. The lowest BCUT2D eigenvalue weighted by molar-refractivity contribution is -0.119. The number of hydrogen-bond acceptors (Lipinski definition) is 5. The van der Waals surface area contributed by atoms with E-state index < -0.39 is 0 Å². The quantitative estimate of drug-likeness (QED) is 0.456. The summed E-state index contributed by atoms with van der Waals surface area (Å²) in [6.45, 7) is 6.87. The Morgan fingerprint density at radius 3 is 2.58 bits per heavy atom. The second-order valence-electron chi connectivity index (χ2n) is 8.91. The molecule has 1 heterocycles. The van der Waals surface area contributed by atoms with Crippen molar-refractivity contribution in [3.8, 4) is 0 Å². The van der Waals surface area contributed by atoms with Gasteiger partial charge in [-0.15, -0.1) is 10.2 Å². The maximum atomic E-state index is 12.9. The Kier molecular flexibility index (Phi) is 9.62. The molecule has 180 valence electrons. The van der Waals surface area contributed by atoms with Gasteiger partial charge in [-0.3, -0.25) is 9.59 Å². The molecule has 1 aromatic heterocycles. The Bertz CT molecular complexity index is 943. The van der Waals surface area contributed by atoms with Crippen molar-refractivity contribution < 1.29 is 9.59 Å². The lowest BCUT2D eigenvalue weighted by atomic mass is 9.95. The van der Waals surface area contributed by atoms with E-state index in [1.165, 1.54) is 31.0 Å². The van der Waals surface area contributed by atoms with Crippen LogP contribution in [0.3, 0.4) is 0 Å². The summed E-state index contributed by atoms with van der Waals surface area (Å²) in [6.07, 6.45) is 6.46. The zero-order chi connectivity index (χ0) is 23.8. The molecule has 1 aromatic carbocycles. The molecule has 2 N–H and O–H groups in total. The zero-order valence-electron chi connectivity index (χ0n) is 19.6. The largest absolute Gasteiger partial charge is 0.353 e. The van der Waals surface area contributed by atoms with Crippen molar-refractivity contribution in [2.75, 3.05) is 5.75 Å². The van der Waals surface area contributed by atoms with Gasteiger partial charge in [0, 0.05) is 12.6 Å². The summed E-state index contributed by atoms with van der Waals surface area (Å²) in [5, 5.41) is 16.1. The lowest BCUT2D eigenvalue weighted by Gasteiger charge is -2.22. The topological polar surface area (TPSA) is 88.9 Å². The highest BCUT2D eigenvalue weighted by molar-refractivity contribution is 7.99. The Balaban J connectivity index is 1.70. The molecule has 1 saturated carbocycles. The first kappa shape index (κ1) is 25.6. The van der Waals surface area contributed by atoms with Crippen molar-refractivity contribution in [3.05, 3.63) is 40.7 Å². The van der Waals surface area contributed by atoms with Crippen LogP contribution >= 0.6 is 23.4 Å². The fourth-order valence-electron chi connectivity index (χ4n) is 4.19. The Morgan fingerprint density at radius 1 is 1.18 bits per heavy atom. The van der Waals surface area contributed by atoms with Crippen LogP contribution in [0.5, 0.6) is 0 Å². The number of amides is 2. The van der Waals surface area contributed by atoms with E-state index in [9.17, 15) is 9.59 Å². The van der Waals surface area contributed by atoms with Gasteiger partial charge in [0.05, 0.1) is 22.4 Å². The van der Waals surface area contributed by atoms with Gasteiger partial charge in [-0.25, -0.2) is 0 Å². The van der Waals surface area contributed by atoms with Crippen LogP contribution in [-0.2, 0) is 11.3 Å². The van der Waals surface area contributed by atoms with E-state index in [1.807, 2.05) is 11.5 Å². The van der Waals surface area contributed by atoms with Gasteiger partial charge in [-0.1, -0.05) is 68.6 Å². The highest BCUT2D eigenvalue weighted by Crippen LogP contribution is 2.26. The van der Waals surface area contributed by atoms with E-state index in [0.717, 1.165) is 12.8 Å². The molecule has 0 bridgehead atoms. The van der Waals surface area contributed by atoms with Gasteiger partial charge in [0.15, 0.2) is 11.0 Å². The van der Waals surface area contributed by atoms with Crippen LogP contribution in [-0.4, -0.2) is 38.4 Å². The number of hydrogen-bond donors (Lipinski definition) is 2. The SMILES string of the molecule is CCn1c(SCC(=O)NC2CCCCC2)nnc1[C@@H](CC(C)C)NC(=O)c1ccccc1Cl. The Labute approximate surface area is 205 Å². The van der Waals surface area contributed by atoms with E-state index in [2.05, 4.69) is 34.7 Å². The number of aromatic nitrogens is 3. The van der Waals surface area contributed by atoms with Crippen molar-refractivity contribution >= 4 is 35.2 Å². The van der Waals surface area contributed by atoms with Crippen LogP contribution in [0.15, 0.2) is 29.4 Å². The summed E-state index contributed by atoms with van der Waals surface area (Å²) in [5.74, 6) is 1.13. The molecule has 3 rings (SSSR count). The fourth-order valence-corrected chi connectivity index (χ4v) is 5.23. The third kappa shape index (κ3) is 7.21. The summed E-state index contributed by atoms with van der Waals surface area (Å²) < 4.78 is 1.98.